The second-order valence-corrected chi connectivity index (χ2v) is 9.49. The number of aromatic amines is 1. The third-order valence-electron chi connectivity index (χ3n) is 7.41. The van der Waals surface area contributed by atoms with Crippen molar-refractivity contribution < 1.29 is 14.3 Å². The fourth-order valence-electron chi connectivity index (χ4n) is 5.03. The number of ether oxygens (including phenoxy) is 1. The number of H-pyrrole nitrogens is 1. The summed E-state index contributed by atoms with van der Waals surface area (Å²) in [6, 6.07) is 0.229. The van der Waals surface area contributed by atoms with Gasteiger partial charge in [-0.3, -0.25) is 23.6 Å². The number of carbonyl (C=O) groups is 2. The smallest absolute Gasteiger partial charge is 0.410 e. The van der Waals surface area contributed by atoms with Crippen molar-refractivity contribution >= 4 is 23.2 Å². The second kappa shape index (κ2) is 9.63. The van der Waals surface area contributed by atoms with Crippen molar-refractivity contribution in [3.63, 3.8) is 0 Å². The molecule has 2 atom stereocenters. The van der Waals surface area contributed by atoms with Crippen LogP contribution in [0.5, 0.6) is 0 Å². The highest BCUT2D eigenvalue weighted by molar-refractivity contribution is 5.76. The van der Waals surface area contributed by atoms with Crippen LogP contribution in [0.25, 0.3) is 11.2 Å². The first kappa shape index (κ1) is 24.0. The Balaban J connectivity index is 1.30. The van der Waals surface area contributed by atoms with E-state index in [-0.39, 0.29) is 24.1 Å². The summed E-state index contributed by atoms with van der Waals surface area (Å²) in [5.41, 5.74) is -0.211. The summed E-state index contributed by atoms with van der Waals surface area (Å²) < 4.78 is 7.72. The Labute approximate surface area is 197 Å². The van der Waals surface area contributed by atoms with E-state index in [1.165, 1.54) is 11.6 Å². The van der Waals surface area contributed by atoms with Gasteiger partial charge in [0.2, 0.25) is 5.91 Å². The van der Waals surface area contributed by atoms with Gasteiger partial charge in [-0.05, 0) is 25.2 Å². The van der Waals surface area contributed by atoms with Gasteiger partial charge in [-0.2, -0.15) is 0 Å². The van der Waals surface area contributed by atoms with Crippen molar-refractivity contribution in [1.82, 2.24) is 28.9 Å². The molecule has 0 bridgehead atoms. The molecular weight excluding hydrogens is 440 g/mol. The van der Waals surface area contributed by atoms with Crippen molar-refractivity contribution in [3.05, 3.63) is 26.7 Å². The summed E-state index contributed by atoms with van der Waals surface area (Å²) in [5, 5.41) is 0. The molecule has 2 amide bonds. The molecule has 0 aromatic carbocycles. The van der Waals surface area contributed by atoms with E-state index in [0.717, 1.165) is 23.8 Å². The lowest BCUT2D eigenvalue weighted by Gasteiger charge is -2.39. The van der Waals surface area contributed by atoms with Crippen molar-refractivity contribution in [1.29, 1.82) is 0 Å². The Bertz CT molecular complexity index is 1190. The molecule has 0 aliphatic carbocycles. The highest BCUT2D eigenvalue weighted by Crippen LogP contribution is 2.29. The van der Waals surface area contributed by atoms with Crippen molar-refractivity contribution in [2.45, 2.75) is 64.5 Å². The molecule has 2 saturated heterocycles. The molecule has 4 rings (SSSR count). The number of nitrogens with zero attached hydrogens (tertiary/aromatic N) is 5. The molecule has 1 N–H and O–H groups in total. The van der Waals surface area contributed by atoms with E-state index in [2.05, 4.69) is 23.8 Å². The fraction of sp³-hybridized carbons (Fsp3) is 0.696. The van der Waals surface area contributed by atoms with Gasteiger partial charge >= 0.3 is 11.8 Å². The summed E-state index contributed by atoms with van der Waals surface area (Å²) in [6.07, 6.45) is 3.74. The lowest BCUT2D eigenvalue weighted by Crippen LogP contribution is -2.51. The minimum absolute atomic E-state index is 0.0837. The Morgan fingerprint density at radius 3 is 2.56 bits per heavy atom. The number of cyclic esters (lactones) is 1. The van der Waals surface area contributed by atoms with Crippen LogP contribution < -0.4 is 11.2 Å². The van der Waals surface area contributed by atoms with Crippen molar-refractivity contribution in [3.8, 4) is 0 Å². The van der Waals surface area contributed by atoms with Crippen LogP contribution in [0.1, 0.15) is 51.8 Å². The monoisotopic (exact) mass is 474 g/mol. The number of aromatic nitrogens is 4. The van der Waals surface area contributed by atoms with Crippen LogP contribution in [-0.2, 0) is 30.0 Å². The average Bonchev–Trinajstić information content (AvgIpc) is 3.45. The summed E-state index contributed by atoms with van der Waals surface area (Å²) in [5.74, 6) is 1.05. The van der Waals surface area contributed by atoms with E-state index in [1.54, 1.807) is 7.05 Å². The number of aryl methyl sites for hydroxylation is 2. The van der Waals surface area contributed by atoms with E-state index >= 15 is 0 Å². The van der Waals surface area contributed by atoms with Gasteiger partial charge in [-0.25, -0.2) is 14.6 Å². The van der Waals surface area contributed by atoms with Gasteiger partial charge in [0.15, 0.2) is 5.65 Å². The van der Waals surface area contributed by atoms with E-state index in [4.69, 9.17) is 4.74 Å². The molecular formula is C23H34N6O5. The molecule has 2 aliphatic rings. The minimum Gasteiger partial charge on any atom is -0.447 e. The van der Waals surface area contributed by atoms with Gasteiger partial charge in [0.05, 0.1) is 6.04 Å². The third kappa shape index (κ3) is 4.35. The van der Waals surface area contributed by atoms with Crippen molar-refractivity contribution in [2.24, 2.45) is 20.0 Å². The van der Waals surface area contributed by atoms with Crippen LogP contribution in [0.2, 0.25) is 0 Å². The second-order valence-electron chi connectivity index (χ2n) is 9.49. The molecule has 2 aliphatic heterocycles. The summed E-state index contributed by atoms with van der Waals surface area (Å²) in [7, 11) is 3.01. The van der Waals surface area contributed by atoms with Crippen LogP contribution in [-0.4, -0.2) is 72.7 Å². The molecule has 186 valence electrons. The Morgan fingerprint density at radius 2 is 1.88 bits per heavy atom. The number of hydrogen-bond acceptors (Lipinski definition) is 6. The minimum atomic E-state index is -0.424. The number of amides is 2. The quantitative estimate of drug-likeness (QED) is 0.642. The van der Waals surface area contributed by atoms with Gasteiger partial charge in [-0.15, -0.1) is 0 Å². The van der Waals surface area contributed by atoms with Gasteiger partial charge < -0.3 is 14.6 Å². The number of nitrogens with one attached hydrogen (secondary N) is 1. The molecule has 2 aromatic rings. The Morgan fingerprint density at radius 1 is 1.18 bits per heavy atom. The van der Waals surface area contributed by atoms with Gasteiger partial charge in [0.1, 0.15) is 17.9 Å². The largest absolute Gasteiger partial charge is 0.447 e. The van der Waals surface area contributed by atoms with Gasteiger partial charge in [-0.1, -0.05) is 20.3 Å². The van der Waals surface area contributed by atoms with Gasteiger partial charge in [0, 0.05) is 46.1 Å². The first-order valence-corrected chi connectivity index (χ1v) is 12.1. The number of piperidine rings is 1. The molecule has 0 saturated carbocycles. The zero-order valence-corrected chi connectivity index (χ0v) is 20.4. The normalized spacial score (nSPS) is 20.2. The van der Waals surface area contributed by atoms with Crippen molar-refractivity contribution in [2.75, 3.05) is 19.7 Å². The maximum absolute atomic E-state index is 12.8. The zero-order chi connectivity index (χ0) is 24.6. The Hall–Kier alpha value is -3.11. The highest BCUT2D eigenvalue weighted by Gasteiger charge is 2.41. The van der Waals surface area contributed by atoms with Gasteiger partial charge in [0.25, 0.3) is 5.56 Å². The lowest BCUT2D eigenvalue weighted by molar-refractivity contribution is -0.132. The molecule has 2 aromatic heterocycles. The summed E-state index contributed by atoms with van der Waals surface area (Å²) in [6.45, 7) is 5.98. The molecule has 11 nitrogen and oxygen atoms in total. The number of likely N-dealkylation sites (tertiary alicyclic amines) is 1. The number of imidazole rings is 1. The topological polar surface area (TPSA) is 123 Å². The van der Waals surface area contributed by atoms with Crippen LogP contribution in [0.3, 0.4) is 0 Å². The van der Waals surface area contributed by atoms with Crippen LogP contribution in [0.4, 0.5) is 4.79 Å². The number of carbonyl (C=O) groups excluding carboxylic acids is 2. The number of fused-ring (bicyclic) bond motifs is 1. The predicted molar refractivity (Wildman–Crippen MR) is 126 cm³/mol. The first-order chi connectivity index (χ1) is 16.2. The van der Waals surface area contributed by atoms with E-state index < -0.39 is 11.2 Å². The SMILES string of the molecule is CC[C@H](C)[C@H]1COC(=O)N1C1CCN(C(=O)CCCc2nc3c([nH]2)c(=O)n(C)c(=O)n3C)CC1. The van der Waals surface area contributed by atoms with E-state index in [0.29, 0.717) is 61.9 Å². The van der Waals surface area contributed by atoms with Crippen LogP contribution >= 0.6 is 0 Å². The first-order valence-electron chi connectivity index (χ1n) is 12.1. The molecule has 4 heterocycles. The number of hydrogen-bond donors (Lipinski definition) is 1. The fourth-order valence-corrected chi connectivity index (χ4v) is 5.03. The predicted octanol–water partition coefficient (Wildman–Crippen LogP) is 1.14. The Kier molecular flexibility index (Phi) is 6.81. The van der Waals surface area contributed by atoms with E-state index in [9.17, 15) is 19.2 Å². The van der Waals surface area contributed by atoms with E-state index in [1.807, 2.05) is 9.80 Å². The lowest BCUT2D eigenvalue weighted by atomic mass is 9.95. The van der Waals surface area contributed by atoms with Crippen LogP contribution in [0.15, 0.2) is 9.59 Å². The zero-order valence-electron chi connectivity index (χ0n) is 20.4. The highest BCUT2D eigenvalue weighted by atomic mass is 16.6. The standard InChI is InChI=1S/C23H34N6O5/c1-5-14(2)16-13-34-23(33)29(16)15-9-11-28(12-10-15)18(30)8-6-7-17-24-19-20(25-17)26(3)22(32)27(4)21(19)31/h14-16H,5-13H2,1-4H3,(H,24,25)/t14-,16+/m0/s1. The summed E-state index contributed by atoms with van der Waals surface area (Å²) >= 11 is 0. The molecule has 11 heteroatoms. The molecule has 0 spiro atoms. The third-order valence-corrected chi connectivity index (χ3v) is 7.41. The average molecular weight is 475 g/mol. The number of rotatable bonds is 7. The molecule has 0 radical (unpaired) electrons. The maximum Gasteiger partial charge on any atom is 0.410 e. The van der Waals surface area contributed by atoms with Crippen LogP contribution in [0, 0.1) is 5.92 Å². The summed E-state index contributed by atoms with van der Waals surface area (Å²) in [4.78, 5) is 60.6. The molecule has 2 fully saturated rings. The molecule has 34 heavy (non-hydrogen) atoms. The maximum atomic E-state index is 12.8. The molecule has 0 unspecified atom stereocenters.